The number of rotatable bonds is 4. The highest BCUT2D eigenvalue weighted by atomic mass is 32.2. The fraction of sp³-hybridized carbons (Fsp3) is 0.391. The number of anilines is 2. The van der Waals surface area contributed by atoms with E-state index in [1.165, 1.54) is 24.3 Å². The number of aryl methyl sites for hydroxylation is 1. The molecule has 0 aromatic heterocycles. The molecule has 0 aliphatic rings. The molecule has 9 heteroatoms. The molecule has 0 unspecified atom stereocenters. The molecule has 32 heavy (non-hydrogen) atoms. The van der Waals surface area contributed by atoms with E-state index in [9.17, 15) is 18.0 Å². The number of ether oxygens (including phenoxy) is 2. The van der Waals surface area contributed by atoms with Crippen LogP contribution in [0.25, 0.3) is 0 Å². The van der Waals surface area contributed by atoms with Gasteiger partial charge in [-0.2, -0.15) is 4.90 Å². The zero-order valence-corrected chi connectivity index (χ0v) is 20.2. The first-order valence-corrected chi connectivity index (χ1v) is 11.5. The summed E-state index contributed by atoms with van der Waals surface area (Å²) in [6.45, 7) is 11.8. The molecule has 174 valence electrons. The molecule has 0 heterocycles. The Morgan fingerprint density at radius 1 is 0.812 bits per heavy atom. The molecule has 0 aliphatic carbocycles. The van der Waals surface area contributed by atoms with Crippen LogP contribution < -0.4 is 9.62 Å². The van der Waals surface area contributed by atoms with Crippen LogP contribution in [-0.2, 0) is 19.5 Å². The van der Waals surface area contributed by atoms with E-state index in [0.717, 1.165) is 5.56 Å². The van der Waals surface area contributed by atoms with Gasteiger partial charge in [0.05, 0.1) is 16.3 Å². The number of nitrogens with zero attached hydrogens (tertiary/aromatic N) is 1. The molecule has 0 aliphatic heterocycles. The van der Waals surface area contributed by atoms with Crippen molar-refractivity contribution in [3.05, 3.63) is 54.1 Å². The Morgan fingerprint density at radius 3 is 1.75 bits per heavy atom. The molecule has 8 nitrogen and oxygen atoms in total. The van der Waals surface area contributed by atoms with Crippen molar-refractivity contribution >= 4 is 33.6 Å². The molecule has 0 bridgehead atoms. The first kappa shape index (κ1) is 25.2. The third-order valence-corrected chi connectivity index (χ3v) is 5.25. The molecule has 2 amide bonds. The topological polar surface area (TPSA) is 102 Å². The summed E-state index contributed by atoms with van der Waals surface area (Å²) in [5.74, 6) is 0. The van der Waals surface area contributed by atoms with Gasteiger partial charge in [-0.15, -0.1) is 0 Å². The Kier molecular flexibility index (Phi) is 7.24. The average molecular weight is 463 g/mol. The van der Waals surface area contributed by atoms with Crippen LogP contribution in [0.3, 0.4) is 0 Å². The van der Waals surface area contributed by atoms with E-state index in [1.54, 1.807) is 65.8 Å². The van der Waals surface area contributed by atoms with E-state index in [1.807, 2.05) is 6.92 Å². The Bertz CT molecular complexity index is 1050. The predicted molar refractivity (Wildman–Crippen MR) is 123 cm³/mol. The van der Waals surface area contributed by atoms with Crippen LogP contribution in [0.2, 0.25) is 0 Å². The van der Waals surface area contributed by atoms with Gasteiger partial charge in [-0.25, -0.2) is 18.0 Å². The molecule has 0 atom stereocenters. The number of nitrogens with one attached hydrogen (secondary N) is 1. The zero-order valence-electron chi connectivity index (χ0n) is 19.4. The summed E-state index contributed by atoms with van der Waals surface area (Å²) in [7, 11) is -3.99. The van der Waals surface area contributed by atoms with Gasteiger partial charge in [0.25, 0.3) is 10.0 Å². The molecule has 0 saturated carbocycles. The van der Waals surface area contributed by atoms with Crippen molar-refractivity contribution in [2.75, 3.05) is 9.62 Å². The van der Waals surface area contributed by atoms with Gasteiger partial charge < -0.3 is 9.47 Å². The van der Waals surface area contributed by atoms with Gasteiger partial charge in [0.1, 0.15) is 11.2 Å². The van der Waals surface area contributed by atoms with E-state index in [2.05, 4.69) is 4.72 Å². The smallest absolute Gasteiger partial charge is 0.424 e. The van der Waals surface area contributed by atoms with Crippen molar-refractivity contribution in [1.29, 1.82) is 0 Å². The van der Waals surface area contributed by atoms with E-state index in [-0.39, 0.29) is 16.3 Å². The van der Waals surface area contributed by atoms with Crippen molar-refractivity contribution in [1.82, 2.24) is 0 Å². The van der Waals surface area contributed by atoms with Crippen molar-refractivity contribution < 1.29 is 27.5 Å². The van der Waals surface area contributed by atoms with Crippen LogP contribution in [0.4, 0.5) is 21.0 Å². The highest BCUT2D eigenvalue weighted by Gasteiger charge is 2.34. The maximum atomic E-state index is 12.9. The lowest BCUT2D eigenvalue weighted by Gasteiger charge is -2.29. The third kappa shape index (κ3) is 6.98. The molecule has 0 fully saturated rings. The second kappa shape index (κ2) is 9.20. The molecule has 2 aromatic rings. The summed E-state index contributed by atoms with van der Waals surface area (Å²) >= 11 is 0. The van der Waals surface area contributed by atoms with Gasteiger partial charge in [0, 0.05) is 0 Å². The van der Waals surface area contributed by atoms with Crippen LogP contribution in [0.5, 0.6) is 0 Å². The summed E-state index contributed by atoms with van der Waals surface area (Å²) in [4.78, 5) is 26.6. The minimum Gasteiger partial charge on any atom is -0.443 e. The maximum absolute atomic E-state index is 12.9. The van der Waals surface area contributed by atoms with E-state index in [4.69, 9.17) is 9.47 Å². The SMILES string of the molecule is Cc1ccc(S(=O)(=O)Nc2ccccc2N(C(=O)OC(C)(C)C)C(=O)OC(C)(C)C)cc1. The summed E-state index contributed by atoms with van der Waals surface area (Å²) in [6, 6.07) is 12.3. The Balaban J connectivity index is 2.52. The fourth-order valence-electron chi connectivity index (χ4n) is 2.56. The van der Waals surface area contributed by atoms with Gasteiger partial charge in [0.2, 0.25) is 0 Å². The Labute approximate surface area is 189 Å². The van der Waals surface area contributed by atoms with Gasteiger partial charge >= 0.3 is 12.2 Å². The average Bonchev–Trinajstić information content (AvgIpc) is 2.60. The maximum Gasteiger partial charge on any atom is 0.424 e. The minimum absolute atomic E-state index is 0.0183. The summed E-state index contributed by atoms with van der Waals surface area (Å²) in [5, 5.41) is 0. The Hall–Kier alpha value is -3.07. The summed E-state index contributed by atoms with van der Waals surface area (Å²) in [5.41, 5.74) is -0.886. The van der Waals surface area contributed by atoms with Crippen LogP contribution >= 0.6 is 0 Å². The summed E-state index contributed by atoms with van der Waals surface area (Å²) < 4.78 is 39.1. The first-order valence-electron chi connectivity index (χ1n) is 10.0. The quantitative estimate of drug-likeness (QED) is 0.646. The van der Waals surface area contributed by atoms with Gasteiger partial charge in [-0.3, -0.25) is 4.72 Å². The number of hydrogen-bond donors (Lipinski definition) is 1. The van der Waals surface area contributed by atoms with Crippen LogP contribution in [0, 0.1) is 6.92 Å². The molecule has 2 aromatic carbocycles. The number of benzene rings is 2. The lowest BCUT2D eigenvalue weighted by atomic mass is 10.2. The van der Waals surface area contributed by atoms with Gasteiger partial charge in [-0.1, -0.05) is 29.8 Å². The second-order valence-electron chi connectivity index (χ2n) is 9.23. The van der Waals surface area contributed by atoms with Crippen LogP contribution in [0.1, 0.15) is 47.1 Å². The monoisotopic (exact) mass is 462 g/mol. The standard InChI is InChI=1S/C23H30N2O6S/c1-16-12-14-17(15-13-16)32(28,29)24-18-10-8-9-11-19(18)25(20(26)30-22(2,3)4)21(27)31-23(5,6)7/h8-15,24H,1-7H3. The number of carbonyl (C=O) groups is 2. The van der Waals surface area contributed by atoms with Crippen LogP contribution in [0.15, 0.2) is 53.4 Å². The van der Waals surface area contributed by atoms with E-state index in [0.29, 0.717) is 4.90 Å². The third-order valence-electron chi connectivity index (χ3n) is 3.87. The molecular formula is C23H30N2O6S. The fourth-order valence-corrected chi connectivity index (χ4v) is 3.64. The number of imide groups is 1. The van der Waals surface area contributed by atoms with Crippen molar-refractivity contribution in [3.63, 3.8) is 0 Å². The van der Waals surface area contributed by atoms with Gasteiger partial charge in [0.15, 0.2) is 0 Å². The molecular weight excluding hydrogens is 432 g/mol. The predicted octanol–water partition coefficient (Wildman–Crippen LogP) is 5.47. The number of sulfonamides is 1. The molecule has 0 saturated heterocycles. The van der Waals surface area contributed by atoms with E-state index >= 15 is 0 Å². The molecule has 2 rings (SSSR count). The molecule has 0 radical (unpaired) electrons. The Morgan fingerprint density at radius 2 is 1.28 bits per heavy atom. The zero-order chi connectivity index (χ0) is 24.3. The lowest BCUT2D eigenvalue weighted by molar-refractivity contribution is 0.0431. The van der Waals surface area contributed by atoms with Crippen molar-refractivity contribution in [2.24, 2.45) is 0 Å². The largest absolute Gasteiger partial charge is 0.443 e. The number of carbonyl (C=O) groups excluding carboxylic acids is 2. The summed E-state index contributed by atoms with van der Waals surface area (Å²) in [6.07, 6.45) is -1.98. The van der Waals surface area contributed by atoms with Gasteiger partial charge in [-0.05, 0) is 72.7 Å². The molecule has 1 N–H and O–H groups in total. The first-order chi connectivity index (χ1) is 14.6. The highest BCUT2D eigenvalue weighted by molar-refractivity contribution is 7.92. The normalized spacial score (nSPS) is 12.1. The van der Waals surface area contributed by atoms with E-state index < -0.39 is 33.4 Å². The number of amides is 2. The number of para-hydroxylation sites is 2. The van der Waals surface area contributed by atoms with Crippen LogP contribution in [-0.4, -0.2) is 31.8 Å². The van der Waals surface area contributed by atoms with Crippen molar-refractivity contribution in [3.8, 4) is 0 Å². The highest BCUT2D eigenvalue weighted by Crippen LogP contribution is 2.31. The van der Waals surface area contributed by atoms with Crippen molar-refractivity contribution in [2.45, 2.75) is 64.6 Å². The minimum atomic E-state index is -3.99. The molecule has 0 spiro atoms. The number of hydrogen-bond acceptors (Lipinski definition) is 6. The second-order valence-corrected chi connectivity index (χ2v) is 10.9. The lowest BCUT2D eigenvalue weighted by Crippen LogP contribution is -2.44.